The number of halogens is 4. The smallest absolute Gasteiger partial charge is 0.382 e. The third-order valence-electron chi connectivity index (χ3n) is 7.21. The van der Waals surface area contributed by atoms with Crippen molar-refractivity contribution in [3.63, 3.8) is 0 Å². The molecule has 3 heterocycles. The second-order valence-corrected chi connectivity index (χ2v) is 10.6. The van der Waals surface area contributed by atoms with Gasteiger partial charge in [0.15, 0.2) is 11.5 Å². The quantitative estimate of drug-likeness (QED) is 0.260. The SMILES string of the molecule is NC[C@H](O)C(=O)N1CCN(C(=O)c2ccc(NC(=O)c3ncc(Cc4c(C(F)(F)F)n[nH]c4C4CC4)[nH]3)cc2Cl)CC1. The topological polar surface area (TPSA) is 173 Å². The molecule has 1 saturated heterocycles. The van der Waals surface area contributed by atoms with Crippen LogP contribution in [0.5, 0.6) is 0 Å². The first-order chi connectivity index (χ1) is 20.0. The van der Waals surface area contributed by atoms with Crippen molar-refractivity contribution in [2.45, 2.75) is 37.5 Å². The van der Waals surface area contributed by atoms with Crippen molar-refractivity contribution in [3.8, 4) is 0 Å². The largest absolute Gasteiger partial charge is 0.435 e. The highest BCUT2D eigenvalue weighted by molar-refractivity contribution is 6.34. The summed E-state index contributed by atoms with van der Waals surface area (Å²) in [6, 6.07) is 4.35. The highest BCUT2D eigenvalue weighted by atomic mass is 35.5. The summed E-state index contributed by atoms with van der Waals surface area (Å²) < 4.78 is 40.5. The van der Waals surface area contributed by atoms with Crippen LogP contribution >= 0.6 is 11.6 Å². The van der Waals surface area contributed by atoms with E-state index in [1.165, 1.54) is 34.2 Å². The number of benzene rings is 1. The van der Waals surface area contributed by atoms with Crippen LogP contribution in [0.25, 0.3) is 0 Å². The molecule has 3 amide bonds. The molecule has 1 aromatic carbocycles. The van der Waals surface area contributed by atoms with Gasteiger partial charge in [-0.05, 0) is 31.0 Å². The van der Waals surface area contributed by atoms with Gasteiger partial charge in [-0.25, -0.2) is 4.98 Å². The number of amides is 3. The third-order valence-corrected chi connectivity index (χ3v) is 7.52. The van der Waals surface area contributed by atoms with Crippen LogP contribution in [-0.2, 0) is 17.4 Å². The summed E-state index contributed by atoms with van der Waals surface area (Å²) >= 11 is 6.36. The van der Waals surface area contributed by atoms with Crippen molar-refractivity contribution in [1.29, 1.82) is 0 Å². The molecule has 2 aliphatic rings. The van der Waals surface area contributed by atoms with Crippen LogP contribution in [0.2, 0.25) is 5.02 Å². The molecule has 3 aromatic rings. The summed E-state index contributed by atoms with van der Waals surface area (Å²) in [4.78, 5) is 47.7. The molecule has 0 spiro atoms. The monoisotopic (exact) mass is 608 g/mol. The second-order valence-electron chi connectivity index (χ2n) is 10.2. The fourth-order valence-electron chi connectivity index (χ4n) is 4.82. The maximum atomic E-state index is 13.5. The van der Waals surface area contributed by atoms with Gasteiger partial charge < -0.3 is 30.9 Å². The Labute approximate surface area is 242 Å². The molecule has 224 valence electrons. The summed E-state index contributed by atoms with van der Waals surface area (Å²) in [5.41, 5.74) is 5.63. The molecule has 1 atom stereocenters. The Balaban J connectivity index is 1.21. The van der Waals surface area contributed by atoms with E-state index in [4.69, 9.17) is 17.3 Å². The number of aromatic nitrogens is 4. The Hall–Kier alpha value is -3.95. The lowest BCUT2D eigenvalue weighted by Gasteiger charge is -2.35. The van der Waals surface area contributed by atoms with Gasteiger partial charge in [0.05, 0.1) is 10.6 Å². The number of nitrogens with zero attached hydrogens (tertiary/aromatic N) is 4. The Kier molecular flexibility index (Phi) is 8.25. The number of nitrogens with one attached hydrogen (secondary N) is 3. The molecule has 2 aromatic heterocycles. The zero-order valence-electron chi connectivity index (χ0n) is 22.2. The molecule has 1 aliphatic carbocycles. The molecule has 0 radical (unpaired) electrons. The predicted molar refractivity (Wildman–Crippen MR) is 144 cm³/mol. The molecule has 0 unspecified atom stereocenters. The molecule has 5 rings (SSSR count). The van der Waals surface area contributed by atoms with E-state index in [9.17, 15) is 32.7 Å². The van der Waals surface area contributed by atoms with Crippen LogP contribution in [0.15, 0.2) is 24.4 Å². The Morgan fingerprint density at radius 1 is 1.17 bits per heavy atom. The number of hydrogen-bond donors (Lipinski definition) is 5. The number of nitrogens with two attached hydrogens (primary N) is 1. The second kappa shape index (κ2) is 11.7. The minimum Gasteiger partial charge on any atom is -0.382 e. The van der Waals surface area contributed by atoms with Gasteiger partial charge in [-0.1, -0.05) is 11.6 Å². The zero-order valence-corrected chi connectivity index (χ0v) is 22.9. The number of carbonyl (C=O) groups is 3. The first-order valence-corrected chi connectivity index (χ1v) is 13.6. The van der Waals surface area contributed by atoms with Crippen LogP contribution in [-0.4, -0.2) is 91.6 Å². The standard InChI is InChI=1S/C26H28ClF3N8O4/c27-18-10-14(3-4-16(18)24(41)37-5-7-38(8-6-37)25(42)19(39)11-31)34-23(40)22-32-12-15(33-22)9-17-20(13-1-2-13)35-36-21(17)26(28,29)30/h3-4,10,12-13,19,39H,1-2,5-9,11,31H2,(H,32,33)(H,34,40)(H,35,36)/t19-/m0/s1. The summed E-state index contributed by atoms with van der Waals surface area (Å²) in [5, 5.41) is 18.4. The van der Waals surface area contributed by atoms with Gasteiger partial charge in [-0.15, -0.1) is 0 Å². The van der Waals surface area contributed by atoms with Crippen LogP contribution in [0, 0.1) is 0 Å². The fourth-order valence-corrected chi connectivity index (χ4v) is 5.09. The van der Waals surface area contributed by atoms with Crippen LogP contribution in [0.3, 0.4) is 0 Å². The average Bonchev–Trinajstić information content (AvgIpc) is 3.53. The minimum atomic E-state index is -4.62. The normalized spacial score (nSPS) is 16.4. The summed E-state index contributed by atoms with van der Waals surface area (Å²) in [6.45, 7) is 0.760. The highest BCUT2D eigenvalue weighted by Crippen LogP contribution is 2.44. The van der Waals surface area contributed by atoms with E-state index in [-0.39, 0.29) is 78.6 Å². The molecule has 2 fully saturated rings. The summed E-state index contributed by atoms with van der Waals surface area (Å²) in [6.07, 6.45) is -3.15. The molecule has 12 nitrogen and oxygen atoms in total. The summed E-state index contributed by atoms with van der Waals surface area (Å²) in [5.74, 6) is -1.59. The molecular formula is C26H28ClF3N8O4. The Bertz CT molecular complexity index is 1490. The molecular weight excluding hydrogens is 581 g/mol. The zero-order chi connectivity index (χ0) is 30.2. The van der Waals surface area contributed by atoms with E-state index >= 15 is 0 Å². The average molecular weight is 609 g/mol. The van der Waals surface area contributed by atoms with E-state index in [1.807, 2.05) is 0 Å². The Morgan fingerprint density at radius 3 is 2.48 bits per heavy atom. The van der Waals surface area contributed by atoms with E-state index in [0.29, 0.717) is 11.4 Å². The number of piperazine rings is 1. The number of aliphatic hydroxyl groups excluding tert-OH is 1. The molecule has 0 bridgehead atoms. The molecule has 1 aliphatic heterocycles. The number of hydrogen-bond acceptors (Lipinski definition) is 7. The maximum absolute atomic E-state index is 13.5. The fraction of sp³-hybridized carbons (Fsp3) is 0.423. The predicted octanol–water partition coefficient (Wildman–Crippen LogP) is 2.13. The van der Waals surface area contributed by atoms with Crippen molar-refractivity contribution < 1.29 is 32.7 Å². The van der Waals surface area contributed by atoms with Crippen molar-refractivity contribution in [3.05, 3.63) is 63.5 Å². The van der Waals surface area contributed by atoms with Crippen molar-refractivity contribution in [1.82, 2.24) is 30.0 Å². The van der Waals surface area contributed by atoms with Gasteiger partial charge >= 0.3 is 6.18 Å². The lowest BCUT2D eigenvalue weighted by Crippen LogP contribution is -2.53. The van der Waals surface area contributed by atoms with Gasteiger partial charge in [0.1, 0.15) is 6.10 Å². The van der Waals surface area contributed by atoms with Gasteiger partial charge in [-0.3, -0.25) is 19.5 Å². The van der Waals surface area contributed by atoms with E-state index < -0.39 is 29.8 Å². The first kappa shape index (κ1) is 29.5. The van der Waals surface area contributed by atoms with Gasteiger partial charge in [0, 0.05) is 73.9 Å². The number of H-pyrrole nitrogens is 2. The molecule has 6 N–H and O–H groups in total. The lowest BCUT2D eigenvalue weighted by atomic mass is 10.0. The number of rotatable bonds is 8. The summed E-state index contributed by atoms with van der Waals surface area (Å²) in [7, 11) is 0. The first-order valence-electron chi connectivity index (χ1n) is 13.2. The minimum absolute atomic E-state index is 0.0121. The Morgan fingerprint density at radius 2 is 1.86 bits per heavy atom. The third kappa shape index (κ3) is 6.27. The van der Waals surface area contributed by atoms with E-state index in [1.54, 1.807) is 0 Å². The maximum Gasteiger partial charge on any atom is 0.435 e. The number of carbonyl (C=O) groups excluding carboxylic acids is 3. The molecule has 16 heteroatoms. The van der Waals surface area contributed by atoms with Crippen LogP contribution < -0.4 is 11.1 Å². The van der Waals surface area contributed by atoms with Crippen LogP contribution in [0.4, 0.5) is 18.9 Å². The van der Waals surface area contributed by atoms with Gasteiger partial charge in [0.2, 0.25) is 0 Å². The van der Waals surface area contributed by atoms with Crippen molar-refractivity contribution >= 4 is 35.0 Å². The highest BCUT2D eigenvalue weighted by Gasteiger charge is 2.40. The van der Waals surface area contributed by atoms with E-state index in [2.05, 4.69) is 25.5 Å². The van der Waals surface area contributed by atoms with Crippen molar-refractivity contribution in [2.75, 3.05) is 38.0 Å². The van der Waals surface area contributed by atoms with Gasteiger partial charge in [-0.2, -0.15) is 18.3 Å². The molecule has 1 saturated carbocycles. The lowest BCUT2D eigenvalue weighted by molar-refractivity contribution is -0.142. The number of alkyl halides is 3. The number of anilines is 1. The number of aliphatic hydroxyl groups is 1. The van der Waals surface area contributed by atoms with E-state index in [0.717, 1.165) is 12.8 Å². The van der Waals surface area contributed by atoms with Crippen molar-refractivity contribution in [2.24, 2.45) is 5.73 Å². The number of imidazole rings is 1. The van der Waals surface area contributed by atoms with Crippen LogP contribution in [0.1, 0.15) is 62.4 Å². The molecule has 42 heavy (non-hydrogen) atoms. The number of aromatic amines is 2. The van der Waals surface area contributed by atoms with Gasteiger partial charge in [0.25, 0.3) is 17.7 Å².